The minimum Gasteiger partial charge on any atom is -0.497 e. The van der Waals surface area contributed by atoms with E-state index in [4.69, 9.17) is 9.47 Å². The van der Waals surface area contributed by atoms with Gasteiger partial charge < -0.3 is 14.8 Å². The molecule has 0 bridgehead atoms. The van der Waals surface area contributed by atoms with Crippen LogP contribution in [0.3, 0.4) is 0 Å². The van der Waals surface area contributed by atoms with E-state index in [1.54, 1.807) is 49.6 Å². The van der Waals surface area contributed by atoms with Gasteiger partial charge in [-0.2, -0.15) is 0 Å². The molecule has 0 aromatic heterocycles. The molecule has 0 saturated heterocycles. The Hall–Kier alpha value is -2.82. The molecule has 0 aliphatic rings. The fourth-order valence-corrected chi connectivity index (χ4v) is 1.81. The zero-order chi connectivity index (χ0) is 15.2. The topological polar surface area (TPSA) is 64.6 Å². The number of carbonyl (C=O) groups is 2. The first-order valence-electron chi connectivity index (χ1n) is 6.26. The summed E-state index contributed by atoms with van der Waals surface area (Å²) in [6.45, 7) is 0. The molecule has 2 rings (SSSR count). The van der Waals surface area contributed by atoms with Crippen molar-refractivity contribution in [1.82, 2.24) is 0 Å². The second-order valence-corrected chi connectivity index (χ2v) is 4.25. The maximum atomic E-state index is 12.2. The fraction of sp³-hybridized carbons (Fsp3) is 0.125. The lowest BCUT2D eigenvalue weighted by Gasteiger charge is -2.10. The molecule has 0 spiro atoms. The fourth-order valence-electron chi connectivity index (χ4n) is 1.81. The Bertz CT molecular complexity index is 650. The van der Waals surface area contributed by atoms with Gasteiger partial charge in [0.25, 0.3) is 5.91 Å². The largest absolute Gasteiger partial charge is 0.497 e. The van der Waals surface area contributed by atoms with Gasteiger partial charge in [0.1, 0.15) is 11.5 Å². The van der Waals surface area contributed by atoms with Gasteiger partial charge in [0.15, 0.2) is 6.29 Å². The van der Waals surface area contributed by atoms with Crippen molar-refractivity contribution in [3.05, 3.63) is 53.6 Å². The van der Waals surface area contributed by atoms with Crippen molar-refractivity contribution in [3.8, 4) is 11.5 Å². The zero-order valence-electron chi connectivity index (χ0n) is 11.8. The van der Waals surface area contributed by atoms with E-state index in [-0.39, 0.29) is 5.91 Å². The van der Waals surface area contributed by atoms with Crippen LogP contribution in [-0.4, -0.2) is 26.4 Å². The molecular weight excluding hydrogens is 270 g/mol. The van der Waals surface area contributed by atoms with E-state index in [0.29, 0.717) is 34.6 Å². The number of hydrogen-bond acceptors (Lipinski definition) is 4. The molecule has 0 fully saturated rings. The van der Waals surface area contributed by atoms with E-state index in [2.05, 4.69) is 5.32 Å². The number of benzene rings is 2. The number of aldehydes is 1. The summed E-state index contributed by atoms with van der Waals surface area (Å²) in [6, 6.07) is 11.5. The highest BCUT2D eigenvalue weighted by atomic mass is 16.5. The van der Waals surface area contributed by atoms with Crippen LogP contribution in [0.15, 0.2) is 42.5 Å². The van der Waals surface area contributed by atoms with Crippen molar-refractivity contribution in [2.75, 3.05) is 19.5 Å². The number of ether oxygens (including phenoxy) is 2. The molecule has 0 aliphatic heterocycles. The molecule has 0 atom stereocenters. The van der Waals surface area contributed by atoms with Gasteiger partial charge in [-0.25, -0.2) is 0 Å². The van der Waals surface area contributed by atoms with Crippen LogP contribution in [0, 0.1) is 0 Å². The average Bonchev–Trinajstić information content (AvgIpc) is 2.54. The highest BCUT2D eigenvalue weighted by molar-refractivity contribution is 6.06. The quantitative estimate of drug-likeness (QED) is 0.858. The van der Waals surface area contributed by atoms with Crippen molar-refractivity contribution in [2.45, 2.75) is 0 Å². The van der Waals surface area contributed by atoms with Crippen LogP contribution < -0.4 is 14.8 Å². The van der Waals surface area contributed by atoms with E-state index >= 15 is 0 Å². The van der Waals surface area contributed by atoms with E-state index in [9.17, 15) is 9.59 Å². The molecule has 5 heteroatoms. The summed E-state index contributed by atoms with van der Waals surface area (Å²) in [4.78, 5) is 23.2. The number of carbonyl (C=O) groups excluding carboxylic acids is 2. The van der Waals surface area contributed by atoms with Gasteiger partial charge in [-0.05, 0) is 36.4 Å². The normalized spacial score (nSPS) is 9.81. The summed E-state index contributed by atoms with van der Waals surface area (Å²) in [5.74, 6) is 0.918. The summed E-state index contributed by atoms with van der Waals surface area (Å²) in [5.41, 5.74) is 1.26. The van der Waals surface area contributed by atoms with Gasteiger partial charge in [0, 0.05) is 17.2 Å². The predicted octanol–water partition coefficient (Wildman–Crippen LogP) is 2.77. The Morgan fingerprint density at radius 3 is 2.19 bits per heavy atom. The van der Waals surface area contributed by atoms with Crippen LogP contribution in [0.2, 0.25) is 0 Å². The Morgan fingerprint density at radius 1 is 1.00 bits per heavy atom. The molecule has 2 aromatic carbocycles. The molecule has 1 N–H and O–H groups in total. The van der Waals surface area contributed by atoms with Crippen molar-refractivity contribution in [3.63, 3.8) is 0 Å². The first-order chi connectivity index (χ1) is 10.2. The summed E-state index contributed by atoms with van der Waals surface area (Å²) in [5, 5.41) is 2.70. The molecule has 2 aromatic rings. The lowest BCUT2D eigenvalue weighted by molar-refractivity contribution is 0.102. The van der Waals surface area contributed by atoms with E-state index in [1.165, 1.54) is 7.11 Å². The molecule has 21 heavy (non-hydrogen) atoms. The van der Waals surface area contributed by atoms with Crippen molar-refractivity contribution in [2.24, 2.45) is 0 Å². The van der Waals surface area contributed by atoms with Gasteiger partial charge in [-0.3, -0.25) is 9.59 Å². The average molecular weight is 285 g/mol. The Kier molecular flexibility index (Phi) is 4.56. The highest BCUT2D eigenvalue weighted by Crippen LogP contribution is 2.22. The maximum absolute atomic E-state index is 12.2. The van der Waals surface area contributed by atoms with Gasteiger partial charge >= 0.3 is 0 Å². The third kappa shape index (κ3) is 3.39. The highest BCUT2D eigenvalue weighted by Gasteiger charge is 2.10. The number of anilines is 1. The van der Waals surface area contributed by atoms with Crippen LogP contribution in [0.4, 0.5) is 5.69 Å². The Morgan fingerprint density at radius 2 is 1.62 bits per heavy atom. The monoisotopic (exact) mass is 285 g/mol. The third-order valence-corrected chi connectivity index (χ3v) is 2.99. The second kappa shape index (κ2) is 6.56. The van der Waals surface area contributed by atoms with Gasteiger partial charge in [0.05, 0.1) is 19.9 Å². The summed E-state index contributed by atoms with van der Waals surface area (Å²) < 4.78 is 10.1. The number of methoxy groups -OCH3 is 2. The van der Waals surface area contributed by atoms with Crippen molar-refractivity contribution < 1.29 is 19.1 Å². The van der Waals surface area contributed by atoms with Crippen LogP contribution in [0.5, 0.6) is 11.5 Å². The SMILES string of the molecule is COc1ccc(C(=O)Nc2cc(OC)ccc2C=O)cc1. The first-order valence-corrected chi connectivity index (χ1v) is 6.26. The molecule has 108 valence electrons. The maximum Gasteiger partial charge on any atom is 0.255 e. The second-order valence-electron chi connectivity index (χ2n) is 4.25. The van der Waals surface area contributed by atoms with Crippen LogP contribution >= 0.6 is 0 Å². The first kappa shape index (κ1) is 14.6. The lowest BCUT2D eigenvalue weighted by atomic mass is 10.1. The zero-order valence-corrected chi connectivity index (χ0v) is 11.8. The van der Waals surface area contributed by atoms with Gasteiger partial charge in [-0.1, -0.05) is 0 Å². The molecule has 0 saturated carbocycles. The molecule has 0 radical (unpaired) electrons. The molecular formula is C16H15NO4. The van der Waals surface area contributed by atoms with E-state index < -0.39 is 0 Å². The van der Waals surface area contributed by atoms with Crippen LogP contribution in [-0.2, 0) is 0 Å². The van der Waals surface area contributed by atoms with Gasteiger partial charge in [0.2, 0.25) is 0 Å². The van der Waals surface area contributed by atoms with Crippen LogP contribution in [0.25, 0.3) is 0 Å². The number of nitrogens with one attached hydrogen (secondary N) is 1. The minimum atomic E-state index is -0.311. The summed E-state index contributed by atoms with van der Waals surface area (Å²) in [6.07, 6.45) is 0.684. The van der Waals surface area contributed by atoms with Crippen molar-refractivity contribution >= 4 is 17.9 Å². The van der Waals surface area contributed by atoms with Crippen molar-refractivity contribution in [1.29, 1.82) is 0 Å². The standard InChI is InChI=1S/C16H15NO4/c1-20-13-6-3-11(4-7-13)16(19)17-15-9-14(21-2)8-5-12(15)10-18/h3-10H,1-2H3,(H,17,19). The summed E-state index contributed by atoms with van der Waals surface area (Å²) in [7, 11) is 3.08. The molecule has 5 nitrogen and oxygen atoms in total. The third-order valence-electron chi connectivity index (χ3n) is 2.99. The number of hydrogen-bond donors (Lipinski definition) is 1. The minimum absolute atomic E-state index is 0.311. The smallest absolute Gasteiger partial charge is 0.255 e. The van der Waals surface area contributed by atoms with Crippen LogP contribution in [0.1, 0.15) is 20.7 Å². The molecule has 0 unspecified atom stereocenters. The molecule has 1 amide bonds. The predicted molar refractivity (Wildman–Crippen MR) is 79.3 cm³/mol. The number of amides is 1. The van der Waals surface area contributed by atoms with Gasteiger partial charge in [-0.15, -0.1) is 0 Å². The molecule has 0 heterocycles. The Labute approximate surface area is 122 Å². The lowest BCUT2D eigenvalue weighted by Crippen LogP contribution is -2.13. The Balaban J connectivity index is 2.23. The molecule has 0 aliphatic carbocycles. The number of rotatable bonds is 5. The van der Waals surface area contributed by atoms with E-state index in [1.807, 2.05) is 0 Å². The summed E-state index contributed by atoms with van der Waals surface area (Å²) >= 11 is 0. The van der Waals surface area contributed by atoms with E-state index in [0.717, 1.165) is 0 Å².